The highest BCUT2D eigenvalue weighted by Crippen LogP contribution is 2.32. The van der Waals surface area contributed by atoms with Crippen LogP contribution in [0.1, 0.15) is 16.7 Å². The normalized spacial score (nSPS) is 13.9. The van der Waals surface area contributed by atoms with Crippen LogP contribution in [0, 0.1) is 12.7 Å². The topological polar surface area (TPSA) is 12.9 Å². The van der Waals surface area contributed by atoms with Crippen LogP contribution in [0.25, 0.3) is 10.8 Å². The van der Waals surface area contributed by atoms with E-state index in [1.165, 1.54) is 10.9 Å². The van der Waals surface area contributed by atoms with Crippen molar-refractivity contribution >= 4 is 10.8 Å². The van der Waals surface area contributed by atoms with Crippen LogP contribution < -0.4 is 0 Å². The molecule has 1 aliphatic carbocycles. The molecule has 2 heteroatoms. The molecule has 0 bridgehead atoms. The predicted octanol–water partition coefficient (Wildman–Crippen LogP) is 2.78. The minimum absolute atomic E-state index is 0.103. The summed E-state index contributed by atoms with van der Waals surface area (Å²) >= 11 is 0. The van der Waals surface area contributed by atoms with E-state index in [1.54, 1.807) is 12.3 Å². The molecule has 0 amide bonds. The lowest BCUT2D eigenvalue weighted by molar-refractivity contribution is 0.619. The van der Waals surface area contributed by atoms with Crippen molar-refractivity contribution in [2.24, 2.45) is 0 Å². The molecule has 0 N–H and O–H groups in total. The fourth-order valence-corrected chi connectivity index (χ4v) is 2.29. The van der Waals surface area contributed by atoms with Gasteiger partial charge in [0.05, 0.1) is 0 Å². The third-order valence-corrected chi connectivity index (χ3v) is 3.07. The molecule has 1 aromatic carbocycles. The molecule has 0 saturated heterocycles. The van der Waals surface area contributed by atoms with E-state index in [-0.39, 0.29) is 5.82 Å². The van der Waals surface area contributed by atoms with Crippen LogP contribution in [0.5, 0.6) is 0 Å². The van der Waals surface area contributed by atoms with E-state index in [2.05, 4.69) is 4.98 Å². The first kappa shape index (κ1) is 7.92. The van der Waals surface area contributed by atoms with Gasteiger partial charge in [0.1, 0.15) is 5.82 Å². The minimum atomic E-state index is -0.103. The Morgan fingerprint density at radius 1 is 1.21 bits per heavy atom. The number of aryl methyl sites for hydroxylation is 3. The fraction of sp³-hybridized carbons (Fsp3) is 0.250. The second-order valence-corrected chi connectivity index (χ2v) is 3.86. The van der Waals surface area contributed by atoms with Gasteiger partial charge in [-0.05, 0) is 47.9 Å². The summed E-state index contributed by atoms with van der Waals surface area (Å²) in [7, 11) is 0. The maximum absolute atomic E-state index is 13.5. The predicted molar refractivity (Wildman–Crippen MR) is 53.8 cm³/mol. The van der Waals surface area contributed by atoms with E-state index < -0.39 is 0 Å². The third-order valence-electron chi connectivity index (χ3n) is 3.07. The van der Waals surface area contributed by atoms with E-state index in [9.17, 15) is 4.39 Å². The minimum Gasteiger partial charge on any atom is -0.264 e. The smallest absolute Gasteiger partial charge is 0.127 e. The summed E-state index contributed by atoms with van der Waals surface area (Å²) < 4.78 is 13.5. The van der Waals surface area contributed by atoms with Gasteiger partial charge in [0.25, 0.3) is 0 Å². The molecule has 14 heavy (non-hydrogen) atoms. The first-order chi connectivity index (χ1) is 6.77. The molecule has 0 atom stereocenters. The van der Waals surface area contributed by atoms with Crippen molar-refractivity contribution in [1.82, 2.24) is 4.98 Å². The first-order valence-electron chi connectivity index (χ1n) is 4.82. The van der Waals surface area contributed by atoms with Crippen molar-refractivity contribution in [2.75, 3.05) is 0 Å². The number of pyridine rings is 1. The van der Waals surface area contributed by atoms with Gasteiger partial charge < -0.3 is 0 Å². The Hall–Kier alpha value is -1.44. The van der Waals surface area contributed by atoms with Crippen LogP contribution in [0.2, 0.25) is 0 Å². The Morgan fingerprint density at radius 3 is 2.86 bits per heavy atom. The van der Waals surface area contributed by atoms with E-state index in [1.807, 2.05) is 13.1 Å². The van der Waals surface area contributed by atoms with Gasteiger partial charge in [0.2, 0.25) is 0 Å². The highest BCUT2D eigenvalue weighted by molar-refractivity contribution is 5.92. The van der Waals surface area contributed by atoms with Gasteiger partial charge in [-0.15, -0.1) is 0 Å². The van der Waals surface area contributed by atoms with Crippen molar-refractivity contribution in [1.29, 1.82) is 0 Å². The molecule has 1 nitrogen and oxygen atoms in total. The average molecular weight is 187 g/mol. The number of benzene rings is 1. The highest BCUT2D eigenvalue weighted by Gasteiger charge is 2.17. The monoisotopic (exact) mass is 187 g/mol. The van der Waals surface area contributed by atoms with Gasteiger partial charge in [-0.25, -0.2) is 4.39 Å². The molecule has 1 aromatic heterocycles. The summed E-state index contributed by atoms with van der Waals surface area (Å²) in [5, 5.41) is 2.22. The second kappa shape index (κ2) is 2.53. The third kappa shape index (κ3) is 0.857. The lowest BCUT2D eigenvalue weighted by Crippen LogP contribution is -1.89. The SMILES string of the molecule is Cc1c(F)cc2c3c(cncc13)CC2. The van der Waals surface area contributed by atoms with Crippen LogP contribution >= 0.6 is 0 Å². The molecule has 0 unspecified atom stereocenters. The number of halogens is 1. The average Bonchev–Trinajstić information content (AvgIpc) is 2.59. The Labute approximate surface area is 81.6 Å². The lowest BCUT2D eigenvalue weighted by atomic mass is 10.0. The molecule has 0 fully saturated rings. The van der Waals surface area contributed by atoms with Crippen molar-refractivity contribution in [3.63, 3.8) is 0 Å². The van der Waals surface area contributed by atoms with Crippen LogP contribution in [-0.4, -0.2) is 4.98 Å². The number of hydrogen-bond acceptors (Lipinski definition) is 1. The van der Waals surface area contributed by atoms with Crippen molar-refractivity contribution in [3.8, 4) is 0 Å². The zero-order valence-electron chi connectivity index (χ0n) is 7.97. The highest BCUT2D eigenvalue weighted by atomic mass is 19.1. The summed E-state index contributed by atoms with van der Waals surface area (Å²) in [4.78, 5) is 4.15. The second-order valence-electron chi connectivity index (χ2n) is 3.86. The number of nitrogens with zero attached hydrogens (tertiary/aromatic N) is 1. The van der Waals surface area contributed by atoms with Crippen molar-refractivity contribution < 1.29 is 4.39 Å². The summed E-state index contributed by atoms with van der Waals surface area (Å²) in [6, 6.07) is 1.67. The molecule has 2 aromatic rings. The first-order valence-corrected chi connectivity index (χ1v) is 4.82. The van der Waals surface area contributed by atoms with Gasteiger partial charge in [-0.3, -0.25) is 4.98 Å². The molecule has 70 valence electrons. The van der Waals surface area contributed by atoms with Gasteiger partial charge in [-0.1, -0.05) is 0 Å². The Kier molecular flexibility index (Phi) is 1.43. The Bertz CT molecular complexity index is 531. The molecular formula is C12H10FN. The molecule has 0 aliphatic heterocycles. The van der Waals surface area contributed by atoms with Gasteiger partial charge in [0.15, 0.2) is 0 Å². The molecule has 3 rings (SSSR count). The maximum Gasteiger partial charge on any atom is 0.127 e. The quantitative estimate of drug-likeness (QED) is 0.618. The number of aromatic nitrogens is 1. The van der Waals surface area contributed by atoms with Crippen LogP contribution in [0.15, 0.2) is 18.5 Å². The fourth-order valence-electron chi connectivity index (χ4n) is 2.29. The van der Waals surface area contributed by atoms with Gasteiger partial charge in [0, 0.05) is 17.8 Å². The molecular weight excluding hydrogens is 177 g/mol. The van der Waals surface area contributed by atoms with Gasteiger partial charge in [-0.2, -0.15) is 0 Å². The summed E-state index contributed by atoms with van der Waals surface area (Å²) in [6.07, 6.45) is 5.62. The number of hydrogen-bond donors (Lipinski definition) is 0. The maximum atomic E-state index is 13.5. The van der Waals surface area contributed by atoms with Crippen LogP contribution in [0.4, 0.5) is 4.39 Å². The number of rotatable bonds is 0. The Morgan fingerprint density at radius 2 is 2.00 bits per heavy atom. The summed E-state index contributed by atoms with van der Waals surface area (Å²) in [6.45, 7) is 1.82. The molecule has 1 aliphatic rings. The van der Waals surface area contributed by atoms with E-state index in [0.29, 0.717) is 0 Å². The summed E-state index contributed by atoms with van der Waals surface area (Å²) in [5.74, 6) is -0.103. The van der Waals surface area contributed by atoms with E-state index in [4.69, 9.17) is 0 Å². The molecule has 1 heterocycles. The lowest BCUT2D eigenvalue weighted by Gasteiger charge is -2.05. The van der Waals surface area contributed by atoms with E-state index >= 15 is 0 Å². The zero-order chi connectivity index (χ0) is 9.71. The van der Waals surface area contributed by atoms with Crippen LogP contribution in [0.3, 0.4) is 0 Å². The van der Waals surface area contributed by atoms with Crippen LogP contribution in [-0.2, 0) is 12.8 Å². The molecule has 0 saturated carbocycles. The van der Waals surface area contributed by atoms with Gasteiger partial charge >= 0.3 is 0 Å². The Balaban J connectivity index is 2.57. The standard InChI is InChI=1S/C12H10FN/c1-7-10-6-14-5-9-3-2-8(12(9)10)4-11(7)13/h4-6H,2-3H2,1H3. The zero-order valence-corrected chi connectivity index (χ0v) is 7.97. The van der Waals surface area contributed by atoms with Crippen molar-refractivity contribution in [3.05, 3.63) is 41.0 Å². The largest absolute Gasteiger partial charge is 0.264 e. The molecule has 0 radical (unpaired) electrons. The summed E-state index contributed by atoms with van der Waals surface area (Å²) in [5.41, 5.74) is 3.13. The van der Waals surface area contributed by atoms with Crippen molar-refractivity contribution in [2.45, 2.75) is 19.8 Å². The molecule has 0 spiro atoms. The van der Waals surface area contributed by atoms with E-state index in [0.717, 1.165) is 29.4 Å².